The molecule has 5 saturated heterocycles. The van der Waals surface area contributed by atoms with E-state index < -0.39 is 210 Å². The molecule has 0 aromatic carbocycles. The molecule has 5 fully saturated rings. The van der Waals surface area contributed by atoms with Crippen molar-refractivity contribution >= 4 is 11.9 Å². The van der Waals surface area contributed by atoms with E-state index in [4.69, 9.17) is 42.6 Å². The molecule has 0 aromatic heterocycles. The molecule has 378 valence electrons. The molecule has 10 unspecified atom stereocenters. The van der Waals surface area contributed by atoms with Crippen LogP contribution in [0.5, 0.6) is 0 Å². The average molecular weight is 954 g/mol. The van der Waals surface area contributed by atoms with Crippen LogP contribution in [0.2, 0.25) is 0 Å². The van der Waals surface area contributed by atoms with Crippen LogP contribution in [-0.4, -0.2) is 279 Å². The third-order valence-electron chi connectivity index (χ3n) is 12.3. The number of amides is 1. The SMILES string of the molecule is CC(=O)NC1[C@H](O[C@H]2C(CO)O[C@@H](O[C@@H]3C(CO)OC(C)C(O)[C@H]3O)C(O)[C@H]2O)OC(CO)[C@H](O)[C@@H]1O[C@@H]1OC(CO)[C@H](O)[C@H](O[C@]2(C(=O)O)CC(O)[C@@H](C)[C@H]([C@H](O)[C@H](O)CO)O2)C1O. The first-order valence-electron chi connectivity index (χ1n) is 20.9. The molecule has 0 spiro atoms. The molecule has 0 bridgehead atoms. The summed E-state index contributed by atoms with van der Waals surface area (Å²) < 4.78 is 51.4. The molecule has 28 nitrogen and oxygen atoms in total. The number of carbonyl (C=O) groups excluding carboxylic acids is 1. The number of carbonyl (C=O) groups is 2. The lowest BCUT2D eigenvalue weighted by atomic mass is 9.84. The van der Waals surface area contributed by atoms with Crippen LogP contribution in [0.4, 0.5) is 0 Å². The predicted octanol–water partition coefficient (Wildman–Crippen LogP) is -10.2. The van der Waals surface area contributed by atoms with Crippen molar-refractivity contribution in [2.45, 2.75) is 180 Å². The van der Waals surface area contributed by atoms with Crippen molar-refractivity contribution in [1.29, 1.82) is 0 Å². The van der Waals surface area contributed by atoms with Gasteiger partial charge >= 0.3 is 5.97 Å². The third-order valence-corrected chi connectivity index (χ3v) is 12.3. The summed E-state index contributed by atoms with van der Waals surface area (Å²) in [5.41, 5.74) is 0. The summed E-state index contributed by atoms with van der Waals surface area (Å²) in [6.07, 6.45) is -42.6. The first-order valence-corrected chi connectivity index (χ1v) is 20.9. The molecule has 0 aromatic rings. The number of aliphatic hydroxyl groups excluding tert-OH is 15. The molecule has 5 rings (SSSR count). The number of hydrogen-bond donors (Lipinski definition) is 17. The van der Waals surface area contributed by atoms with E-state index in [9.17, 15) is 91.3 Å². The lowest BCUT2D eigenvalue weighted by Crippen LogP contribution is -2.70. The van der Waals surface area contributed by atoms with E-state index >= 15 is 0 Å². The van der Waals surface area contributed by atoms with Crippen molar-refractivity contribution in [2.24, 2.45) is 5.92 Å². The monoisotopic (exact) mass is 953 g/mol. The van der Waals surface area contributed by atoms with Crippen molar-refractivity contribution in [3.63, 3.8) is 0 Å². The molecule has 1 amide bonds. The summed E-state index contributed by atoms with van der Waals surface area (Å²) in [6.45, 7) is -1.00. The maximum atomic E-state index is 12.8. The van der Waals surface area contributed by atoms with Crippen LogP contribution < -0.4 is 5.32 Å². The minimum absolute atomic E-state index is 0.716. The second-order valence-electron chi connectivity index (χ2n) is 16.8. The molecule has 28 heteroatoms. The normalized spacial score (nSPS) is 48.3. The average Bonchev–Trinajstić information content (AvgIpc) is 3.27. The Hall–Kier alpha value is -2.02. The second-order valence-corrected chi connectivity index (χ2v) is 16.8. The fraction of sp³-hybridized carbons (Fsp3) is 0.946. The van der Waals surface area contributed by atoms with Crippen LogP contribution >= 0.6 is 0 Å². The quantitative estimate of drug-likeness (QED) is 0.0644. The van der Waals surface area contributed by atoms with Gasteiger partial charge in [-0.3, -0.25) is 4.79 Å². The number of aliphatic hydroxyl groups is 15. The summed E-state index contributed by atoms with van der Waals surface area (Å²) in [5.74, 6) is -6.90. The van der Waals surface area contributed by atoms with E-state index in [1.807, 2.05) is 0 Å². The molecule has 5 aliphatic heterocycles. The van der Waals surface area contributed by atoms with Gasteiger partial charge < -0.3 is 130 Å². The molecule has 0 saturated carbocycles. The van der Waals surface area contributed by atoms with Gasteiger partial charge in [-0.05, 0) is 6.92 Å². The predicted molar refractivity (Wildman–Crippen MR) is 202 cm³/mol. The number of carboxylic acids is 1. The number of carboxylic acid groups (broad SMARTS) is 1. The summed E-state index contributed by atoms with van der Waals surface area (Å²) in [4.78, 5) is 25.5. The summed E-state index contributed by atoms with van der Waals surface area (Å²) in [6, 6.07) is -1.76. The fourth-order valence-corrected chi connectivity index (χ4v) is 8.52. The van der Waals surface area contributed by atoms with Gasteiger partial charge in [0.15, 0.2) is 18.9 Å². The van der Waals surface area contributed by atoms with Gasteiger partial charge in [0.2, 0.25) is 5.91 Å². The zero-order chi connectivity index (χ0) is 48.4. The second kappa shape index (κ2) is 22.6. The summed E-state index contributed by atoms with van der Waals surface area (Å²) >= 11 is 0. The number of aliphatic carboxylic acids is 1. The van der Waals surface area contributed by atoms with Crippen LogP contribution in [-0.2, 0) is 52.2 Å². The van der Waals surface area contributed by atoms with E-state index in [2.05, 4.69) is 5.32 Å². The summed E-state index contributed by atoms with van der Waals surface area (Å²) in [7, 11) is 0. The number of rotatable bonds is 17. The summed E-state index contributed by atoms with van der Waals surface area (Å²) in [5, 5.41) is 172. The maximum Gasteiger partial charge on any atom is 0.364 e. The van der Waals surface area contributed by atoms with Gasteiger partial charge in [-0.2, -0.15) is 0 Å². The Morgan fingerprint density at radius 3 is 1.65 bits per heavy atom. The van der Waals surface area contributed by atoms with Crippen LogP contribution in [0.3, 0.4) is 0 Å². The van der Waals surface area contributed by atoms with Gasteiger partial charge in [-0.25, -0.2) is 4.79 Å². The van der Waals surface area contributed by atoms with Gasteiger partial charge in [0.05, 0.1) is 51.3 Å². The van der Waals surface area contributed by atoms with Crippen molar-refractivity contribution in [1.82, 2.24) is 5.32 Å². The van der Waals surface area contributed by atoms with Gasteiger partial charge in [0, 0.05) is 19.3 Å². The number of nitrogens with one attached hydrogen (secondary N) is 1. The van der Waals surface area contributed by atoms with E-state index in [1.165, 1.54) is 13.8 Å². The van der Waals surface area contributed by atoms with Gasteiger partial charge in [0.1, 0.15) is 110 Å². The van der Waals surface area contributed by atoms with E-state index in [1.54, 1.807) is 0 Å². The van der Waals surface area contributed by atoms with Gasteiger partial charge in [-0.15, -0.1) is 0 Å². The molecular weight excluding hydrogens is 890 g/mol. The van der Waals surface area contributed by atoms with Crippen LogP contribution in [0.1, 0.15) is 27.2 Å². The largest absolute Gasteiger partial charge is 0.477 e. The molecule has 0 aliphatic carbocycles. The van der Waals surface area contributed by atoms with Crippen molar-refractivity contribution in [2.75, 3.05) is 33.0 Å². The molecule has 0 radical (unpaired) electrons. The zero-order valence-corrected chi connectivity index (χ0v) is 35.3. The Bertz CT molecular complexity index is 1530. The molecule has 65 heavy (non-hydrogen) atoms. The van der Waals surface area contributed by atoms with Gasteiger partial charge in [0.25, 0.3) is 5.79 Å². The first kappa shape index (κ1) is 53.9. The molecule has 26 atom stereocenters. The Kier molecular flexibility index (Phi) is 18.8. The lowest BCUT2D eigenvalue weighted by Gasteiger charge is -2.51. The highest BCUT2D eigenvalue weighted by Crippen LogP contribution is 2.40. The third kappa shape index (κ3) is 11.2. The number of ether oxygens (including phenoxy) is 9. The molecule has 5 aliphatic rings. The first-order chi connectivity index (χ1) is 30.6. The topological polar surface area (TPSA) is 453 Å². The highest BCUT2D eigenvalue weighted by atomic mass is 16.8. The van der Waals surface area contributed by atoms with Crippen molar-refractivity contribution in [3.05, 3.63) is 0 Å². The standard InChI is InChI=1S/C37H63NO27/c1-10-13(45)4-37(36(55)56,64-28(10)21(48)14(46)5-39)65-32-23(50)16(7-41)59-35(27(32)54)63-31-19(38-12(3)44)33(58-15(6-40)22(31)49)61-30-18(9-43)60-34(26(53)25(30)52)62-29-17(8-42)57-11(2)20(47)24(29)51/h10-11,13-35,39-43,45-54H,4-9H2,1-3H3,(H,38,44)(H,55,56)/t10-,11?,13?,14-,15?,16?,17?,18?,19?,20?,21-,22+,23+,24-,25-,26?,27?,28-,29-,30+,31-,32+,33+,34+,35+,37+/m1/s1. The van der Waals surface area contributed by atoms with Crippen molar-refractivity contribution < 1.29 is 134 Å². The highest BCUT2D eigenvalue weighted by molar-refractivity contribution is 5.76. The van der Waals surface area contributed by atoms with E-state index in [0.29, 0.717) is 0 Å². The molecule has 5 heterocycles. The Labute approximate surface area is 369 Å². The maximum absolute atomic E-state index is 12.8. The smallest absolute Gasteiger partial charge is 0.364 e. The molecular formula is C37H63NO27. The highest BCUT2D eigenvalue weighted by Gasteiger charge is 2.60. The minimum Gasteiger partial charge on any atom is -0.477 e. The lowest BCUT2D eigenvalue weighted by molar-refractivity contribution is -0.388. The zero-order valence-electron chi connectivity index (χ0n) is 35.3. The Morgan fingerprint density at radius 1 is 0.631 bits per heavy atom. The fourth-order valence-electron chi connectivity index (χ4n) is 8.52. The van der Waals surface area contributed by atoms with Gasteiger partial charge in [-0.1, -0.05) is 6.92 Å². The molecule has 17 N–H and O–H groups in total. The Balaban J connectivity index is 1.41. The van der Waals surface area contributed by atoms with Crippen LogP contribution in [0, 0.1) is 5.92 Å². The van der Waals surface area contributed by atoms with Crippen molar-refractivity contribution in [3.8, 4) is 0 Å². The number of hydrogen-bond acceptors (Lipinski definition) is 26. The van der Waals surface area contributed by atoms with Crippen LogP contribution in [0.15, 0.2) is 0 Å². The van der Waals surface area contributed by atoms with E-state index in [-0.39, 0.29) is 0 Å². The Morgan fingerprint density at radius 2 is 1.11 bits per heavy atom. The minimum atomic E-state index is -3.01. The van der Waals surface area contributed by atoms with Crippen LogP contribution in [0.25, 0.3) is 0 Å². The van der Waals surface area contributed by atoms with E-state index in [0.717, 1.165) is 6.92 Å².